The molecule has 0 aliphatic carbocycles. The van der Waals surface area contributed by atoms with Gasteiger partial charge in [-0.2, -0.15) is 0 Å². The topological polar surface area (TPSA) is 47.7 Å². The van der Waals surface area contributed by atoms with Crippen LogP contribution >= 0.6 is 0 Å². The highest BCUT2D eigenvalue weighted by molar-refractivity contribution is 5.56. The first-order valence-electron chi connectivity index (χ1n) is 6.84. The van der Waals surface area contributed by atoms with E-state index < -0.39 is 0 Å². The van der Waals surface area contributed by atoms with Crippen molar-refractivity contribution in [1.82, 2.24) is 4.90 Å². The predicted octanol–water partition coefficient (Wildman–Crippen LogP) is 2.10. The maximum absolute atomic E-state index is 5.83. The van der Waals surface area contributed by atoms with Crippen molar-refractivity contribution in [2.45, 2.75) is 32.4 Å². The lowest BCUT2D eigenvalue weighted by Crippen LogP contribution is -2.32. The normalized spacial score (nSPS) is 19.1. The molecule has 2 rings (SSSR count). The molecule has 1 aromatic rings. The number of hydrogen-bond acceptors (Lipinski definition) is 4. The summed E-state index contributed by atoms with van der Waals surface area (Å²) in [5, 5.41) is 0. The summed E-state index contributed by atoms with van der Waals surface area (Å²) in [6.07, 6.45) is 2.04. The Morgan fingerprint density at radius 1 is 1.37 bits per heavy atom. The second-order valence-corrected chi connectivity index (χ2v) is 5.02. The van der Waals surface area contributed by atoms with Crippen LogP contribution in [0.15, 0.2) is 6.07 Å². The fourth-order valence-electron chi connectivity index (χ4n) is 3.13. The summed E-state index contributed by atoms with van der Waals surface area (Å²) >= 11 is 0. The number of ether oxygens (including phenoxy) is 2. The van der Waals surface area contributed by atoms with Crippen LogP contribution in [0.4, 0.5) is 0 Å². The molecule has 1 heterocycles. The first kappa shape index (κ1) is 14.2. The van der Waals surface area contributed by atoms with Crippen molar-refractivity contribution in [3.05, 3.63) is 22.8 Å². The van der Waals surface area contributed by atoms with Crippen LogP contribution in [0.3, 0.4) is 0 Å². The minimum Gasteiger partial charge on any atom is -0.496 e. The molecule has 1 aliphatic rings. The minimum atomic E-state index is 0.388. The third kappa shape index (κ3) is 2.30. The Morgan fingerprint density at radius 2 is 2.11 bits per heavy atom. The van der Waals surface area contributed by atoms with Crippen molar-refractivity contribution in [1.29, 1.82) is 0 Å². The highest BCUT2D eigenvalue weighted by Gasteiger charge is 2.30. The van der Waals surface area contributed by atoms with E-state index in [4.69, 9.17) is 15.2 Å². The van der Waals surface area contributed by atoms with E-state index in [0.29, 0.717) is 12.6 Å². The Hall–Kier alpha value is -1.26. The van der Waals surface area contributed by atoms with Gasteiger partial charge >= 0.3 is 0 Å². The molecule has 4 heteroatoms. The van der Waals surface area contributed by atoms with Gasteiger partial charge in [-0.05, 0) is 26.0 Å². The molecule has 0 spiro atoms. The van der Waals surface area contributed by atoms with Crippen LogP contribution in [0.25, 0.3) is 0 Å². The van der Waals surface area contributed by atoms with Crippen molar-refractivity contribution in [3.63, 3.8) is 0 Å². The fraction of sp³-hybridized carbons (Fsp3) is 0.600. The number of rotatable bonds is 4. The SMILES string of the molecule is CCC1c2c(OC)cc(CN)c(OC)c2CCN1C. The highest BCUT2D eigenvalue weighted by atomic mass is 16.5. The van der Waals surface area contributed by atoms with Gasteiger partial charge in [0.25, 0.3) is 0 Å². The molecule has 0 bridgehead atoms. The van der Waals surface area contributed by atoms with Gasteiger partial charge in [0.05, 0.1) is 14.2 Å². The van der Waals surface area contributed by atoms with Gasteiger partial charge in [-0.25, -0.2) is 0 Å². The van der Waals surface area contributed by atoms with E-state index in [-0.39, 0.29) is 0 Å². The number of likely N-dealkylation sites (N-methyl/N-ethyl adjacent to an activating group) is 1. The average molecular weight is 264 g/mol. The third-order valence-corrected chi connectivity index (χ3v) is 4.07. The van der Waals surface area contributed by atoms with Crippen LogP contribution in [-0.4, -0.2) is 32.7 Å². The Morgan fingerprint density at radius 3 is 2.63 bits per heavy atom. The molecule has 0 saturated heterocycles. The van der Waals surface area contributed by atoms with E-state index in [1.54, 1.807) is 14.2 Å². The lowest BCUT2D eigenvalue weighted by atomic mass is 9.88. The molecule has 1 aromatic carbocycles. The molecule has 1 atom stereocenters. The Kier molecular flexibility index (Phi) is 4.32. The van der Waals surface area contributed by atoms with Gasteiger partial charge in [-0.1, -0.05) is 6.92 Å². The van der Waals surface area contributed by atoms with E-state index in [1.165, 1.54) is 11.1 Å². The van der Waals surface area contributed by atoms with Gasteiger partial charge in [0, 0.05) is 35.8 Å². The molecule has 19 heavy (non-hydrogen) atoms. The lowest BCUT2D eigenvalue weighted by molar-refractivity contribution is 0.216. The summed E-state index contributed by atoms with van der Waals surface area (Å²) in [5.74, 6) is 1.89. The molecule has 0 radical (unpaired) electrons. The molecule has 4 nitrogen and oxygen atoms in total. The first-order chi connectivity index (χ1) is 9.17. The summed E-state index contributed by atoms with van der Waals surface area (Å²) in [6.45, 7) is 3.72. The zero-order chi connectivity index (χ0) is 14.0. The summed E-state index contributed by atoms with van der Waals surface area (Å²) in [7, 11) is 5.62. The van der Waals surface area contributed by atoms with E-state index in [1.807, 2.05) is 6.07 Å². The number of hydrogen-bond donors (Lipinski definition) is 1. The first-order valence-corrected chi connectivity index (χ1v) is 6.84. The number of fused-ring (bicyclic) bond motifs is 1. The van der Waals surface area contributed by atoms with Crippen molar-refractivity contribution in [2.24, 2.45) is 5.73 Å². The monoisotopic (exact) mass is 264 g/mol. The Bertz CT molecular complexity index is 460. The lowest BCUT2D eigenvalue weighted by Gasteiger charge is -2.36. The predicted molar refractivity (Wildman–Crippen MR) is 76.8 cm³/mol. The van der Waals surface area contributed by atoms with Crippen LogP contribution < -0.4 is 15.2 Å². The maximum Gasteiger partial charge on any atom is 0.127 e. The second kappa shape index (κ2) is 5.80. The molecule has 106 valence electrons. The Labute approximate surface area is 115 Å². The molecule has 0 amide bonds. The molecule has 2 N–H and O–H groups in total. The van der Waals surface area contributed by atoms with Crippen molar-refractivity contribution >= 4 is 0 Å². The number of nitrogens with two attached hydrogens (primary N) is 1. The van der Waals surface area contributed by atoms with Crippen molar-refractivity contribution in [2.75, 3.05) is 27.8 Å². The zero-order valence-electron chi connectivity index (χ0n) is 12.3. The quantitative estimate of drug-likeness (QED) is 0.904. The number of benzene rings is 1. The second-order valence-electron chi connectivity index (χ2n) is 5.02. The molecule has 0 aromatic heterocycles. The Balaban J connectivity index is 2.66. The summed E-state index contributed by atoms with van der Waals surface area (Å²) in [4.78, 5) is 2.38. The fourth-order valence-corrected chi connectivity index (χ4v) is 3.13. The van der Waals surface area contributed by atoms with Crippen LogP contribution in [0.1, 0.15) is 36.1 Å². The highest BCUT2D eigenvalue weighted by Crippen LogP contribution is 2.43. The number of nitrogens with zero attached hydrogens (tertiary/aromatic N) is 1. The van der Waals surface area contributed by atoms with Gasteiger partial charge in [-0.3, -0.25) is 4.90 Å². The van der Waals surface area contributed by atoms with Crippen molar-refractivity contribution < 1.29 is 9.47 Å². The summed E-state index contributed by atoms with van der Waals surface area (Å²) in [5.41, 5.74) is 9.40. The molecule has 0 saturated carbocycles. The molecular formula is C15H24N2O2. The van der Waals surface area contributed by atoms with Gasteiger partial charge in [-0.15, -0.1) is 0 Å². The van der Waals surface area contributed by atoms with E-state index in [9.17, 15) is 0 Å². The molecule has 1 aliphatic heterocycles. The summed E-state index contributed by atoms with van der Waals surface area (Å²) < 4.78 is 11.2. The van der Waals surface area contributed by atoms with Crippen LogP contribution in [-0.2, 0) is 13.0 Å². The van der Waals surface area contributed by atoms with Crippen LogP contribution in [0.5, 0.6) is 11.5 Å². The van der Waals surface area contributed by atoms with Gasteiger partial charge in [0.2, 0.25) is 0 Å². The van der Waals surface area contributed by atoms with Gasteiger partial charge in [0.15, 0.2) is 0 Å². The third-order valence-electron chi connectivity index (χ3n) is 4.07. The largest absolute Gasteiger partial charge is 0.496 e. The number of methoxy groups -OCH3 is 2. The van der Waals surface area contributed by atoms with Gasteiger partial charge < -0.3 is 15.2 Å². The van der Waals surface area contributed by atoms with Crippen LogP contribution in [0, 0.1) is 0 Å². The van der Waals surface area contributed by atoms with Crippen molar-refractivity contribution in [3.8, 4) is 11.5 Å². The summed E-state index contributed by atoms with van der Waals surface area (Å²) in [6, 6.07) is 2.42. The molecule has 1 unspecified atom stereocenters. The van der Waals surface area contributed by atoms with E-state index >= 15 is 0 Å². The average Bonchev–Trinajstić information content (AvgIpc) is 2.45. The smallest absolute Gasteiger partial charge is 0.127 e. The van der Waals surface area contributed by atoms with Crippen LogP contribution in [0.2, 0.25) is 0 Å². The maximum atomic E-state index is 5.83. The standard InChI is InChI=1S/C15H24N2O2/c1-5-12-14-11(6-7-17(12)2)15(19-4)10(9-16)8-13(14)18-3/h8,12H,5-7,9,16H2,1-4H3. The minimum absolute atomic E-state index is 0.388. The zero-order valence-corrected chi connectivity index (χ0v) is 12.3. The molecule has 0 fully saturated rings. The van der Waals surface area contributed by atoms with Gasteiger partial charge in [0.1, 0.15) is 11.5 Å². The molecular weight excluding hydrogens is 240 g/mol. The van der Waals surface area contributed by atoms with E-state index in [0.717, 1.165) is 36.4 Å². The van der Waals surface area contributed by atoms with E-state index in [2.05, 4.69) is 18.9 Å².